The van der Waals surface area contributed by atoms with Crippen molar-refractivity contribution in [2.75, 3.05) is 6.67 Å². The molecule has 22 heavy (non-hydrogen) atoms. The number of benzene rings is 1. The third-order valence-electron chi connectivity index (χ3n) is 2.93. The smallest absolute Gasteiger partial charge is 0.253 e. The molecule has 0 spiro atoms. The number of carbonyl (C=O) groups is 1. The lowest BCUT2D eigenvalue weighted by Gasteiger charge is -2.22. The maximum atomic E-state index is 13.0. The van der Waals surface area contributed by atoms with Gasteiger partial charge in [0.05, 0.1) is 6.04 Å². The molecule has 0 saturated heterocycles. The summed E-state index contributed by atoms with van der Waals surface area (Å²) in [5.74, 6) is -0.754. The highest BCUT2D eigenvalue weighted by Crippen LogP contribution is 2.24. The lowest BCUT2D eigenvalue weighted by atomic mass is 10.0. The first-order chi connectivity index (χ1) is 10.5. The Labute approximate surface area is 140 Å². The molecule has 2 atom stereocenters. The number of nitrogens with zero attached hydrogens (tertiary/aromatic N) is 2. The largest absolute Gasteiger partial charge is 0.386 e. The molecule has 2 N–H and O–H groups in total. The summed E-state index contributed by atoms with van der Waals surface area (Å²) in [5, 5.41) is 13.2. The van der Waals surface area contributed by atoms with Crippen molar-refractivity contribution in [2.24, 2.45) is 0 Å². The first-order valence-electron chi connectivity index (χ1n) is 6.22. The molecule has 0 fully saturated rings. The minimum atomic E-state index is -1.32. The van der Waals surface area contributed by atoms with Crippen LogP contribution >= 0.6 is 34.7 Å². The van der Waals surface area contributed by atoms with Crippen molar-refractivity contribution >= 4 is 40.6 Å². The molecule has 0 radical (unpaired) electrons. The second-order valence-corrected chi connectivity index (χ2v) is 6.26. The van der Waals surface area contributed by atoms with Gasteiger partial charge in [-0.15, -0.1) is 0 Å². The van der Waals surface area contributed by atoms with Gasteiger partial charge in [-0.05, 0) is 17.1 Å². The van der Waals surface area contributed by atoms with E-state index in [-0.39, 0.29) is 0 Å². The second kappa shape index (κ2) is 7.82. The monoisotopic (exact) mass is 363 g/mol. The molecule has 5 nitrogen and oxygen atoms in total. The predicted molar refractivity (Wildman–Crippen MR) is 83.7 cm³/mol. The van der Waals surface area contributed by atoms with Crippen LogP contribution in [-0.4, -0.2) is 37.9 Å². The van der Waals surface area contributed by atoms with Crippen molar-refractivity contribution in [3.63, 3.8) is 0 Å². The van der Waals surface area contributed by atoms with Crippen LogP contribution < -0.4 is 5.32 Å². The molecule has 1 heterocycles. The number of amides is 1. The van der Waals surface area contributed by atoms with E-state index in [0.29, 0.717) is 5.56 Å². The van der Waals surface area contributed by atoms with Gasteiger partial charge in [0.15, 0.2) is 4.84 Å². The number of aliphatic hydroxyl groups excluding tert-OH is 1. The van der Waals surface area contributed by atoms with E-state index in [9.17, 15) is 14.3 Å². The summed E-state index contributed by atoms with van der Waals surface area (Å²) in [6, 6.07) is 5.62. The molecule has 0 aliphatic carbocycles. The zero-order chi connectivity index (χ0) is 16.1. The zero-order valence-electron chi connectivity index (χ0n) is 11.1. The lowest BCUT2D eigenvalue weighted by molar-refractivity contribution is -0.121. The third-order valence-corrected chi connectivity index (χ3v) is 4.04. The summed E-state index contributed by atoms with van der Waals surface area (Å²) in [6.07, 6.45) is 0.232. The molecule has 118 valence electrons. The fraction of sp³-hybridized carbons (Fsp3) is 0.308. The van der Waals surface area contributed by atoms with E-state index in [1.165, 1.54) is 17.9 Å². The molecule has 0 aliphatic rings. The molecule has 9 heteroatoms. The number of aromatic nitrogens is 2. The minimum absolute atomic E-state index is 0.455. The van der Waals surface area contributed by atoms with Gasteiger partial charge in [0.25, 0.3) is 5.91 Å². The van der Waals surface area contributed by atoms with Gasteiger partial charge in [-0.2, -0.15) is 4.37 Å². The average Bonchev–Trinajstić information content (AvgIpc) is 3.06. The molecule has 2 unspecified atom stereocenters. The van der Waals surface area contributed by atoms with Crippen molar-refractivity contribution in [2.45, 2.75) is 17.0 Å². The number of rotatable bonds is 6. The number of halogens is 3. The minimum Gasteiger partial charge on any atom is -0.386 e. The summed E-state index contributed by atoms with van der Waals surface area (Å²) in [5.41, 5.74) is 1.29. The van der Waals surface area contributed by atoms with Crippen molar-refractivity contribution in [3.8, 4) is 10.6 Å². The highest BCUT2D eigenvalue weighted by molar-refractivity contribution is 7.09. The number of nitrogens with one attached hydrogen (secondary N) is 1. The van der Waals surface area contributed by atoms with Gasteiger partial charge in [0, 0.05) is 5.56 Å². The fourth-order valence-electron chi connectivity index (χ4n) is 1.80. The van der Waals surface area contributed by atoms with E-state index in [4.69, 9.17) is 23.2 Å². The molecule has 0 bridgehead atoms. The highest BCUT2D eigenvalue weighted by Gasteiger charge is 2.25. The molecule has 0 aliphatic heterocycles. The topological polar surface area (TPSA) is 75.1 Å². The van der Waals surface area contributed by atoms with Crippen molar-refractivity contribution < 1.29 is 14.3 Å². The van der Waals surface area contributed by atoms with E-state index < -0.39 is 29.6 Å². The van der Waals surface area contributed by atoms with Gasteiger partial charge >= 0.3 is 0 Å². The Morgan fingerprint density at radius 1 is 1.36 bits per heavy atom. The van der Waals surface area contributed by atoms with E-state index >= 15 is 0 Å². The average molecular weight is 364 g/mol. The van der Waals surface area contributed by atoms with Gasteiger partial charge in [0.1, 0.15) is 24.1 Å². The van der Waals surface area contributed by atoms with Crippen LogP contribution in [-0.2, 0) is 4.79 Å². The first kappa shape index (κ1) is 17.1. The summed E-state index contributed by atoms with van der Waals surface area (Å²) in [4.78, 5) is 14.1. The first-order valence-corrected chi connectivity index (χ1v) is 7.87. The molecule has 1 aromatic heterocycles. The van der Waals surface area contributed by atoms with Crippen LogP contribution in [0.2, 0.25) is 0 Å². The Bertz CT molecular complexity index is 610. The quantitative estimate of drug-likeness (QED) is 0.773. The van der Waals surface area contributed by atoms with Crippen molar-refractivity contribution in [1.29, 1.82) is 0 Å². The standard InChI is InChI=1S/C13H12Cl2FN3O2S/c14-11(15)12(21)19-9(5-16)10(20)7-1-3-8(4-2-7)13-17-6-18-22-13/h1-4,6,9-11,20H,5H2,(H,19,21). The van der Waals surface area contributed by atoms with Crippen LogP contribution in [0.3, 0.4) is 0 Å². The van der Waals surface area contributed by atoms with Gasteiger partial charge in [0.2, 0.25) is 0 Å². The summed E-state index contributed by atoms with van der Waals surface area (Å²) in [6.45, 7) is -0.953. The predicted octanol–water partition coefficient (Wildman–Crippen LogP) is 2.50. The highest BCUT2D eigenvalue weighted by atomic mass is 35.5. The number of alkyl halides is 3. The van der Waals surface area contributed by atoms with Gasteiger partial charge in [-0.3, -0.25) is 4.79 Å². The van der Waals surface area contributed by atoms with Crippen LogP contribution in [0.1, 0.15) is 11.7 Å². The number of hydrogen-bond acceptors (Lipinski definition) is 5. The number of hydrogen-bond donors (Lipinski definition) is 2. The molecular formula is C13H12Cl2FN3O2S. The molecule has 0 saturated carbocycles. The number of aliphatic hydroxyl groups is 1. The van der Waals surface area contributed by atoms with E-state index in [0.717, 1.165) is 10.6 Å². The Balaban J connectivity index is 2.10. The third kappa shape index (κ3) is 4.13. The lowest BCUT2D eigenvalue weighted by Crippen LogP contribution is -2.43. The van der Waals surface area contributed by atoms with E-state index in [2.05, 4.69) is 14.7 Å². The Morgan fingerprint density at radius 3 is 2.55 bits per heavy atom. The molecule has 2 aromatic rings. The van der Waals surface area contributed by atoms with Gasteiger partial charge < -0.3 is 10.4 Å². The SMILES string of the molecule is O=C(NC(CF)C(O)c1ccc(-c2ncns2)cc1)C(Cl)Cl. The van der Waals surface area contributed by atoms with Crippen LogP contribution in [0.25, 0.3) is 10.6 Å². The van der Waals surface area contributed by atoms with Crippen LogP contribution in [0, 0.1) is 0 Å². The van der Waals surface area contributed by atoms with E-state index in [1.54, 1.807) is 24.3 Å². The van der Waals surface area contributed by atoms with Crippen LogP contribution in [0.4, 0.5) is 4.39 Å². The summed E-state index contributed by atoms with van der Waals surface area (Å²) in [7, 11) is 0. The van der Waals surface area contributed by atoms with E-state index in [1.807, 2.05) is 0 Å². The summed E-state index contributed by atoms with van der Waals surface area (Å²) < 4.78 is 16.9. The Morgan fingerprint density at radius 2 is 2.05 bits per heavy atom. The van der Waals surface area contributed by atoms with Gasteiger partial charge in [-0.1, -0.05) is 47.5 Å². The number of carbonyl (C=O) groups excluding carboxylic acids is 1. The maximum absolute atomic E-state index is 13.0. The Hall–Kier alpha value is -1.28. The van der Waals surface area contributed by atoms with Crippen LogP contribution in [0.5, 0.6) is 0 Å². The normalized spacial score (nSPS) is 13.9. The van der Waals surface area contributed by atoms with Crippen molar-refractivity contribution in [3.05, 3.63) is 36.2 Å². The molecule has 2 rings (SSSR count). The van der Waals surface area contributed by atoms with Crippen LogP contribution in [0.15, 0.2) is 30.6 Å². The van der Waals surface area contributed by atoms with Gasteiger partial charge in [-0.25, -0.2) is 9.37 Å². The maximum Gasteiger partial charge on any atom is 0.253 e. The zero-order valence-corrected chi connectivity index (χ0v) is 13.4. The molecular weight excluding hydrogens is 352 g/mol. The second-order valence-electron chi connectivity index (χ2n) is 4.38. The Kier molecular flexibility index (Phi) is 6.07. The summed E-state index contributed by atoms with van der Waals surface area (Å²) >= 11 is 12.0. The van der Waals surface area contributed by atoms with Crippen molar-refractivity contribution in [1.82, 2.24) is 14.7 Å². The molecule has 1 aromatic carbocycles. The molecule has 1 amide bonds. The fourth-order valence-corrected chi connectivity index (χ4v) is 2.46.